The van der Waals surface area contributed by atoms with Crippen LogP contribution in [0.1, 0.15) is 48.7 Å². The fraction of sp³-hybridized carbons (Fsp3) is 0.273. The van der Waals surface area contributed by atoms with E-state index in [1.807, 2.05) is 0 Å². The van der Waals surface area contributed by atoms with Gasteiger partial charge in [0.2, 0.25) is 0 Å². The van der Waals surface area contributed by atoms with Crippen LogP contribution in [0, 0.1) is 0 Å². The molecule has 3 aromatic rings. The first-order valence-corrected chi connectivity index (χ1v) is 9.15. The first-order valence-electron chi connectivity index (χ1n) is 9.15. The molecule has 0 saturated carbocycles. The van der Waals surface area contributed by atoms with E-state index in [-0.39, 0.29) is 0 Å². The zero-order chi connectivity index (χ0) is 17.1. The van der Waals surface area contributed by atoms with Crippen LogP contribution < -0.4 is 0 Å². The zero-order valence-corrected chi connectivity index (χ0v) is 14.7. The normalized spacial score (nSPS) is 13.1. The van der Waals surface area contributed by atoms with E-state index in [2.05, 4.69) is 82.6 Å². The first kappa shape index (κ1) is 15.8. The second-order valence-corrected chi connectivity index (χ2v) is 6.55. The highest BCUT2D eigenvalue weighted by Crippen LogP contribution is 2.39. The fourth-order valence-corrected chi connectivity index (χ4v) is 3.65. The van der Waals surface area contributed by atoms with Crippen molar-refractivity contribution in [2.75, 3.05) is 0 Å². The van der Waals surface area contributed by atoms with E-state index in [0.717, 1.165) is 31.5 Å². The molecule has 1 aliphatic heterocycles. The summed E-state index contributed by atoms with van der Waals surface area (Å²) in [6, 6.07) is 21.4. The zero-order valence-electron chi connectivity index (χ0n) is 14.7. The van der Waals surface area contributed by atoms with Gasteiger partial charge in [-0.1, -0.05) is 79.2 Å². The molecule has 4 rings (SSSR count). The van der Waals surface area contributed by atoms with Crippen molar-refractivity contribution >= 4 is 11.1 Å². The van der Waals surface area contributed by atoms with Gasteiger partial charge in [-0.15, -0.1) is 5.10 Å². The van der Waals surface area contributed by atoms with Gasteiger partial charge in [0.1, 0.15) is 0 Å². The molecule has 0 radical (unpaired) electrons. The number of nitrogens with zero attached hydrogens (tertiary/aromatic N) is 3. The maximum absolute atomic E-state index is 4.47. The smallest absolute Gasteiger partial charge is 0.0903 e. The summed E-state index contributed by atoms with van der Waals surface area (Å²) >= 11 is 0. The highest BCUT2D eigenvalue weighted by Gasteiger charge is 2.26. The summed E-state index contributed by atoms with van der Waals surface area (Å²) < 4.78 is 2.09. The Hall–Kier alpha value is -2.68. The fourth-order valence-electron chi connectivity index (χ4n) is 3.65. The van der Waals surface area contributed by atoms with Crippen LogP contribution in [0.4, 0.5) is 0 Å². The van der Waals surface area contributed by atoms with Crippen molar-refractivity contribution in [2.45, 2.75) is 39.2 Å². The number of aromatic nitrogens is 3. The lowest BCUT2D eigenvalue weighted by Crippen LogP contribution is -1.97. The van der Waals surface area contributed by atoms with E-state index in [0.29, 0.717) is 0 Å². The number of hydrogen-bond acceptors (Lipinski definition) is 2. The molecule has 1 aromatic heterocycles. The van der Waals surface area contributed by atoms with Crippen molar-refractivity contribution in [3.63, 3.8) is 0 Å². The quantitative estimate of drug-likeness (QED) is 0.660. The molecule has 25 heavy (non-hydrogen) atoms. The predicted octanol–water partition coefficient (Wildman–Crippen LogP) is 4.98. The van der Waals surface area contributed by atoms with Gasteiger partial charge in [-0.25, -0.2) is 4.68 Å². The molecule has 0 saturated heterocycles. The molecule has 1 aliphatic rings. The van der Waals surface area contributed by atoms with Crippen LogP contribution in [-0.2, 0) is 13.0 Å². The summed E-state index contributed by atoms with van der Waals surface area (Å²) in [5.74, 6) is 0. The monoisotopic (exact) mass is 329 g/mol. The van der Waals surface area contributed by atoms with Gasteiger partial charge < -0.3 is 0 Å². The van der Waals surface area contributed by atoms with E-state index in [4.69, 9.17) is 0 Å². The molecule has 0 aliphatic carbocycles. The lowest BCUT2D eigenvalue weighted by Gasteiger charge is -2.13. The minimum absolute atomic E-state index is 0.924. The third kappa shape index (κ3) is 3.02. The summed E-state index contributed by atoms with van der Waals surface area (Å²) in [5, 5.41) is 8.88. The highest BCUT2D eigenvalue weighted by molar-refractivity contribution is 5.99. The van der Waals surface area contributed by atoms with Gasteiger partial charge in [0, 0.05) is 6.54 Å². The van der Waals surface area contributed by atoms with Crippen LogP contribution >= 0.6 is 0 Å². The lowest BCUT2D eigenvalue weighted by atomic mass is 9.90. The molecular weight excluding hydrogens is 306 g/mol. The van der Waals surface area contributed by atoms with Crippen LogP contribution in [0.25, 0.3) is 11.1 Å². The molecular formula is C22H23N3. The summed E-state index contributed by atoms with van der Waals surface area (Å²) in [5.41, 5.74) is 7.63. The SMILES string of the molecule is CCCCc1nnn2c1C(=C(c1ccccc1)c1ccccc1)CC2. The summed E-state index contributed by atoms with van der Waals surface area (Å²) in [6.45, 7) is 3.15. The molecule has 0 amide bonds. The molecule has 2 aromatic carbocycles. The largest absolute Gasteiger partial charge is 0.244 e. The average molecular weight is 329 g/mol. The van der Waals surface area contributed by atoms with Crippen LogP contribution in [0.2, 0.25) is 0 Å². The Kier molecular flexibility index (Phi) is 4.47. The third-order valence-corrected chi connectivity index (χ3v) is 4.86. The second kappa shape index (κ2) is 7.06. The van der Waals surface area contributed by atoms with E-state index < -0.39 is 0 Å². The number of fused-ring (bicyclic) bond motifs is 1. The van der Waals surface area contributed by atoms with Gasteiger partial charge in [-0.05, 0) is 41.5 Å². The minimum atomic E-state index is 0.924. The van der Waals surface area contributed by atoms with E-state index >= 15 is 0 Å². The number of rotatable bonds is 5. The number of unbranched alkanes of at least 4 members (excludes halogenated alkanes) is 1. The maximum Gasteiger partial charge on any atom is 0.0903 e. The van der Waals surface area contributed by atoms with Gasteiger partial charge in [0.15, 0.2) is 0 Å². The van der Waals surface area contributed by atoms with Crippen molar-refractivity contribution in [2.24, 2.45) is 0 Å². The molecule has 0 N–H and O–H groups in total. The van der Waals surface area contributed by atoms with Gasteiger partial charge in [0.25, 0.3) is 0 Å². The van der Waals surface area contributed by atoms with Crippen molar-refractivity contribution < 1.29 is 0 Å². The average Bonchev–Trinajstić information content (AvgIpc) is 3.25. The van der Waals surface area contributed by atoms with Crippen molar-refractivity contribution in [3.8, 4) is 0 Å². The van der Waals surface area contributed by atoms with Crippen LogP contribution in [0.5, 0.6) is 0 Å². The van der Waals surface area contributed by atoms with Gasteiger partial charge >= 0.3 is 0 Å². The molecule has 0 atom stereocenters. The Labute approximate surface area is 149 Å². The minimum Gasteiger partial charge on any atom is -0.244 e. The van der Waals surface area contributed by atoms with Crippen LogP contribution in [0.15, 0.2) is 60.7 Å². The topological polar surface area (TPSA) is 30.7 Å². The Morgan fingerprint density at radius 1 is 0.960 bits per heavy atom. The summed E-state index contributed by atoms with van der Waals surface area (Å²) in [4.78, 5) is 0. The van der Waals surface area contributed by atoms with Crippen LogP contribution in [-0.4, -0.2) is 15.0 Å². The van der Waals surface area contributed by atoms with Crippen molar-refractivity contribution in [3.05, 3.63) is 83.2 Å². The van der Waals surface area contributed by atoms with Crippen molar-refractivity contribution in [1.82, 2.24) is 15.0 Å². The Morgan fingerprint density at radius 3 is 2.20 bits per heavy atom. The van der Waals surface area contributed by atoms with E-state index in [9.17, 15) is 0 Å². The van der Waals surface area contributed by atoms with E-state index in [1.54, 1.807) is 0 Å². The molecule has 0 unspecified atom stereocenters. The molecule has 2 heterocycles. The molecule has 0 spiro atoms. The number of benzene rings is 2. The van der Waals surface area contributed by atoms with Gasteiger partial charge in [0.05, 0.1) is 11.4 Å². The van der Waals surface area contributed by atoms with Gasteiger partial charge in [-0.2, -0.15) is 0 Å². The lowest BCUT2D eigenvalue weighted by molar-refractivity contribution is 0.628. The molecule has 3 nitrogen and oxygen atoms in total. The predicted molar refractivity (Wildman–Crippen MR) is 102 cm³/mol. The molecule has 3 heteroatoms. The second-order valence-electron chi connectivity index (χ2n) is 6.55. The maximum atomic E-state index is 4.47. The Bertz CT molecular complexity index is 835. The van der Waals surface area contributed by atoms with Crippen molar-refractivity contribution in [1.29, 1.82) is 0 Å². The standard InChI is InChI=1S/C22H23N3/c1-2-3-14-20-22-19(15-16-25(22)24-23-20)21(17-10-6-4-7-11-17)18-12-8-5-9-13-18/h4-13H,2-3,14-16H2,1H3. The molecule has 126 valence electrons. The summed E-state index contributed by atoms with van der Waals surface area (Å²) in [6.07, 6.45) is 4.36. The number of hydrogen-bond donors (Lipinski definition) is 0. The highest BCUT2D eigenvalue weighted by atomic mass is 15.4. The van der Waals surface area contributed by atoms with Gasteiger partial charge in [-0.3, -0.25) is 0 Å². The number of aryl methyl sites for hydroxylation is 2. The van der Waals surface area contributed by atoms with E-state index in [1.165, 1.54) is 34.4 Å². The number of allylic oxidation sites excluding steroid dienone is 1. The summed E-state index contributed by atoms with van der Waals surface area (Å²) in [7, 11) is 0. The van der Waals surface area contributed by atoms with Crippen LogP contribution in [0.3, 0.4) is 0 Å². The molecule has 0 bridgehead atoms. The first-order chi connectivity index (χ1) is 12.4. The third-order valence-electron chi connectivity index (χ3n) is 4.86. The Morgan fingerprint density at radius 2 is 1.60 bits per heavy atom. The molecule has 0 fully saturated rings. The Balaban J connectivity index is 1.91.